The van der Waals surface area contributed by atoms with E-state index in [1.165, 1.54) is 28.2 Å². The molecule has 2 heterocycles. The first kappa shape index (κ1) is 24.2. The van der Waals surface area contributed by atoms with Crippen molar-refractivity contribution < 1.29 is 23.8 Å². The van der Waals surface area contributed by atoms with Gasteiger partial charge in [0.05, 0.1) is 30.5 Å². The van der Waals surface area contributed by atoms with Crippen molar-refractivity contribution in [3.05, 3.63) is 90.0 Å². The van der Waals surface area contributed by atoms with Gasteiger partial charge in [-0.3, -0.25) is 0 Å². The molecule has 0 saturated carbocycles. The number of hydrogen-bond donors (Lipinski definition) is 1. The number of carboxylic acids is 1. The second-order valence-electron chi connectivity index (χ2n) is 8.17. The van der Waals surface area contributed by atoms with Gasteiger partial charge in [0, 0.05) is 11.1 Å². The number of methoxy groups -OCH3 is 2. The summed E-state index contributed by atoms with van der Waals surface area (Å²) in [5, 5.41) is 15.1. The minimum absolute atomic E-state index is 0.0839. The highest BCUT2D eigenvalue weighted by Gasteiger charge is 2.27. The van der Waals surface area contributed by atoms with Crippen LogP contribution in [0.4, 0.5) is 4.39 Å². The van der Waals surface area contributed by atoms with Gasteiger partial charge in [0.2, 0.25) is 5.13 Å². The van der Waals surface area contributed by atoms with Crippen LogP contribution in [0.1, 0.15) is 16.2 Å². The molecule has 0 saturated heterocycles. The Kier molecular flexibility index (Phi) is 6.45. The monoisotopic (exact) mass is 515 g/mol. The second kappa shape index (κ2) is 9.87. The third kappa shape index (κ3) is 4.56. The highest BCUT2D eigenvalue weighted by atomic mass is 32.1. The highest BCUT2D eigenvalue weighted by molar-refractivity contribution is 7.18. The molecule has 2 aromatic heterocycles. The number of aromatic carboxylic acids is 1. The quantitative estimate of drug-likeness (QED) is 0.267. The first-order chi connectivity index (χ1) is 17.9. The van der Waals surface area contributed by atoms with E-state index in [1.54, 1.807) is 33.3 Å². The van der Waals surface area contributed by atoms with Crippen molar-refractivity contribution in [1.29, 1.82) is 0 Å². The smallest absolute Gasteiger partial charge is 0.355 e. The molecule has 0 spiro atoms. The van der Waals surface area contributed by atoms with Gasteiger partial charge >= 0.3 is 5.97 Å². The lowest BCUT2D eigenvalue weighted by Gasteiger charge is -2.05. The van der Waals surface area contributed by atoms with Crippen LogP contribution in [-0.2, 0) is 0 Å². The fourth-order valence-electron chi connectivity index (χ4n) is 4.13. The maximum atomic E-state index is 14.0. The molecule has 0 aliphatic rings. The van der Waals surface area contributed by atoms with Crippen LogP contribution in [0.2, 0.25) is 0 Å². The lowest BCUT2D eigenvalue weighted by atomic mass is 10.0. The second-order valence-corrected chi connectivity index (χ2v) is 9.15. The number of ether oxygens (including phenoxy) is 2. The summed E-state index contributed by atoms with van der Waals surface area (Å²) in [6.07, 6.45) is 0. The van der Waals surface area contributed by atoms with Crippen molar-refractivity contribution in [3.8, 4) is 49.5 Å². The molecule has 1 N–H and O–H groups in total. The number of halogens is 1. The van der Waals surface area contributed by atoms with E-state index in [0.29, 0.717) is 33.4 Å². The average Bonchev–Trinajstić information content (AvgIpc) is 3.50. The Morgan fingerprint density at radius 2 is 1.54 bits per heavy atom. The van der Waals surface area contributed by atoms with Gasteiger partial charge in [0.15, 0.2) is 5.69 Å². The molecule has 7 nitrogen and oxygen atoms in total. The van der Waals surface area contributed by atoms with E-state index >= 15 is 0 Å². The number of rotatable bonds is 7. The van der Waals surface area contributed by atoms with Crippen LogP contribution in [-0.4, -0.2) is 40.1 Å². The Bertz CT molecular complexity index is 1530. The van der Waals surface area contributed by atoms with E-state index in [0.717, 1.165) is 21.8 Å². The third-order valence-electron chi connectivity index (χ3n) is 5.89. The number of aromatic nitrogens is 3. The Morgan fingerprint density at radius 3 is 2.11 bits per heavy atom. The lowest BCUT2D eigenvalue weighted by Crippen LogP contribution is -2.09. The third-order valence-corrected chi connectivity index (χ3v) is 6.97. The maximum Gasteiger partial charge on any atom is 0.355 e. The number of carbonyl (C=O) groups is 1. The molecule has 0 fully saturated rings. The van der Waals surface area contributed by atoms with Gasteiger partial charge in [-0.25, -0.2) is 14.2 Å². The van der Waals surface area contributed by atoms with Gasteiger partial charge in [0.1, 0.15) is 17.3 Å². The molecule has 5 aromatic rings. The first-order valence-corrected chi connectivity index (χ1v) is 12.1. The zero-order chi connectivity index (χ0) is 26.1. The molecule has 0 unspecified atom stereocenters. The Labute approximate surface area is 216 Å². The van der Waals surface area contributed by atoms with E-state index in [2.05, 4.69) is 5.10 Å². The predicted molar refractivity (Wildman–Crippen MR) is 140 cm³/mol. The van der Waals surface area contributed by atoms with Crippen LogP contribution < -0.4 is 9.47 Å². The van der Waals surface area contributed by atoms with E-state index in [4.69, 9.17) is 14.5 Å². The van der Waals surface area contributed by atoms with E-state index in [9.17, 15) is 14.3 Å². The van der Waals surface area contributed by atoms with Crippen molar-refractivity contribution in [2.45, 2.75) is 6.92 Å². The van der Waals surface area contributed by atoms with Crippen molar-refractivity contribution in [2.24, 2.45) is 0 Å². The summed E-state index contributed by atoms with van der Waals surface area (Å²) >= 11 is 1.32. The number of benzene rings is 3. The predicted octanol–water partition coefficient (Wildman–Crippen LogP) is 6.49. The number of carboxylic acid groups (broad SMARTS) is 1. The van der Waals surface area contributed by atoms with E-state index in [-0.39, 0.29) is 5.69 Å². The fourth-order valence-corrected chi connectivity index (χ4v) is 5.19. The molecular formula is C28H22FN3O4S. The molecular weight excluding hydrogens is 493 g/mol. The zero-order valence-electron chi connectivity index (χ0n) is 20.2. The first-order valence-electron chi connectivity index (χ1n) is 11.3. The maximum absolute atomic E-state index is 14.0. The van der Waals surface area contributed by atoms with E-state index < -0.39 is 11.8 Å². The number of aryl methyl sites for hydroxylation is 1. The largest absolute Gasteiger partial charge is 0.497 e. The van der Waals surface area contributed by atoms with Gasteiger partial charge in [-0.1, -0.05) is 23.5 Å². The molecule has 9 heteroatoms. The summed E-state index contributed by atoms with van der Waals surface area (Å²) < 4.78 is 25.9. The molecule has 0 amide bonds. The average molecular weight is 516 g/mol. The Balaban J connectivity index is 1.72. The molecule has 0 aliphatic heterocycles. The van der Waals surface area contributed by atoms with E-state index in [1.807, 2.05) is 48.5 Å². The number of hydrogen-bond acceptors (Lipinski definition) is 6. The molecule has 0 aliphatic carbocycles. The summed E-state index contributed by atoms with van der Waals surface area (Å²) in [6.45, 7) is 1.70. The lowest BCUT2D eigenvalue weighted by molar-refractivity contribution is 0.0688. The minimum atomic E-state index is -1.19. The minimum Gasteiger partial charge on any atom is -0.497 e. The standard InChI is InChI=1S/C28H22FN3O4S/c1-16-23(19-5-4-6-20(29)15-19)25(27(33)34)32(31-16)28-30-24(17-7-11-21(35-2)12-8-17)26(37-28)18-9-13-22(36-3)14-10-18/h4-15H,1-3H3,(H,33,34). The summed E-state index contributed by atoms with van der Waals surface area (Å²) in [7, 11) is 3.20. The summed E-state index contributed by atoms with van der Waals surface area (Å²) in [6, 6.07) is 20.9. The van der Waals surface area contributed by atoms with Gasteiger partial charge in [-0.2, -0.15) is 9.78 Å². The zero-order valence-corrected chi connectivity index (χ0v) is 21.0. The SMILES string of the molecule is COc1ccc(-c2nc(-n3nc(C)c(-c4cccc(F)c4)c3C(=O)O)sc2-c2ccc(OC)cc2)cc1. The highest BCUT2D eigenvalue weighted by Crippen LogP contribution is 2.40. The molecule has 5 rings (SSSR count). The van der Waals surface area contributed by atoms with Crippen LogP contribution in [0.15, 0.2) is 72.8 Å². The fraction of sp³-hybridized carbons (Fsp3) is 0.107. The molecule has 0 atom stereocenters. The molecule has 0 radical (unpaired) electrons. The van der Waals surface area contributed by atoms with Gasteiger partial charge in [-0.05, 0) is 78.7 Å². The summed E-state index contributed by atoms with van der Waals surface area (Å²) in [5.41, 5.74) is 3.54. The molecule has 37 heavy (non-hydrogen) atoms. The molecule has 0 bridgehead atoms. The summed E-state index contributed by atoms with van der Waals surface area (Å²) in [5.74, 6) is -0.221. The van der Waals surface area contributed by atoms with Crippen molar-refractivity contribution >= 4 is 17.3 Å². The van der Waals surface area contributed by atoms with Crippen molar-refractivity contribution in [3.63, 3.8) is 0 Å². The van der Waals surface area contributed by atoms with Crippen LogP contribution in [0.5, 0.6) is 11.5 Å². The Morgan fingerprint density at radius 1 is 0.919 bits per heavy atom. The Hall–Kier alpha value is -4.50. The number of thiazole rings is 1. The van der Waals surface area contributed by atoms with Crippen LogP contribution >= 0.6 is 11.3 Å². The van der Waals surface area contributed by atoms with Gasteiger partial charge in [-0.15, -0.1) is 0 Å². The normalized spacial score (nSPS) is 10.9. The summed E-state index contributed by atoms with van der Waals surface area (Å²) in [4.78, 5) is 18.1. The van der Waals surface area contributed by atoms with Crippen molar-refractivity contribution in [1.82, 2.24) is 14.8 Å². The van der Waals surface area contributed by atoms with Gasteiger partial charge in [0.25, 0.3) is 0 Å². The van der Waals surface area contributed by atoms with Crippen LogP contribution in [0.25, 0.3) is 38.0 Å². The topological polar surface area (TPSA) is 86.5 Å². The van der Waals surface area contributed by atoms with Gasteiger partial charge < -0.3 is 14.6 Å². The van der Waals surface area contributed by atoms with Crippen LogP contribution in [0, 0.1) is 12.7 Å². The van der Waals surface area contributed by atoms with Crippen LogP contribution in [0.3, 0.4) is 0 Å². The molecule has 3 aromatic carbocycles. The number of nitrogens with zero attached hydrogens (tertiary/aromatic N) is 3. The van der Waals surface area contributed by atoms with Crippen molar-refractivity contribution in [2.75, 3.05) is 14.2 Å². The molecule has 186 valence electrons.